The summed E-state index contributed by atoms with van der Waals surface area (Å²) in [6, 6.07) is 8.00. The number of pyridine rings is 1. The maximum absolute atomic E-state index is 12.3. The fraction of sp³-hybridized carbons (Fsp3) is 0.278. The molecule has 0 saturated carbocycles. The predicted octanol–water partition coefficient (Wildman–Crippen LogP) is 4.80. The maximum atomic E-state index is 12.3. The van der Waals surface area contributed by atoms with Gasteiger partial charge in [0.15, 0.2) is 5.69 Å². The number of carbonyl (C=O) groups is 2. The van der Waals surface area contributed by atoms with E-state index < -0.39 is 17.5 Å². The first kappa shape index (κ1) is 19.2. The second-order valence-corrected chi connectivity index (χ2v) is 7.03. The molecule has 1 aromatic carbocycles. The number of ether oxygens (including phenoxy) is 2. The molecule has 25 heavy (non-hydrogen) atoms. The third kappa shape index (κ3) is 4.71. The third-order valence-corrected chi connectivity index (χ3v) is 3.74. The molecule has 2 rings (SSSR count). The molecule has 0 spiro atoms. The third-order valence-electron chi connectivity index (χ3n) is 3.11. The Morgan fingerprint density at radius 1 is 1.00 bits per heavy atom. The Balaban J connectivity index is 2.46. The van der Waals surface area contributed by atoms with Gasteiger partial charge in [-0.3, -0.25) is 0 Å². The van der Waals surface area contributed by atoms with Crippen molar-refractivity contribution in [3.05, 3.63) is 51.6 Å². The smallest absolute Gasteiger partial charge is 0.358 e. The Labute approximate surface area is 155 Å². The van der Waals surface area contributed by atoms with E-state index in [2.05, 4.69) is 9.72 Å². The molecule has 0 fully saturated rings. The summed E-state index contributed by atoms with van der Waals surface area (Å²) < 4.78 is 10.0. The average Bonchev–Trinajstić information content (AvgIpc) is 2.53. The Kier molecular flexibility index (Phi) is 5.70. The number of rotatable bonds is 3. The second-order valence-electron chi connectivity index (χ2n) is 6.22. The molecule has 2 aromatic rings. The predicted molar refractivity (Wildman–Crippen MR) is 96.2 cm³/mol. The average molecular weight is 382 g/mol. The lowest BCUT2D eigenvalue weighted by molar-refractivity contribution is 0.00696. The van der Waals surface area contributed by atoms with Crippen LogP contribution in [0.4, 0.5) is 0 Å². The molecule has 0 saturated heterocycles. The number of nitrogens with zero attached hydrogens (tertiary/aromatic N) is 1. The number of methoxy groups -OCH3 is 1. The topological polar surface area (TPSA) is 65.5 Å². The van der Waals surface area contributed by atoms with Gasteiger partial charge in [-0.2, -0.15) is 0 Å². The Morgan fingerprint density at radius 3 is 2.24 bits per heavy atom. The van der Waals surface area contributed by atoms with Gasteiger partial charge in [-0.05, 0) is 45.0 Å². The molecular formula is C18H17Cl2NO4. The highest BCUT2D eigenvalue weighted by Crippen LogP contribution is 2.27. The van der Waals surface area contributed by atoms with E-state index in [1.54, 1.807) is 45.0 Å². The maximum Gasteiger partial charge on any atom is 0.358 e. The minimum atomic E-state index is -0.646. The molecule has 0 radical (unpaired) electrons. The lowest BCUT2D eigenvalue weighted by Gasteiger charge is -2.20. The summed E-state index contributed by atoms with van der Waals surface area (Å²) in [5.74, 6) is -1.19. The van der Waals surface area contributed by atoms with Gasteiger partial charge in [0.25, 0.3) is 0 Å². The molecule has 5 nitrogen and oxygen atoms in total. The fourth-order valence-corrected chi connectivity index (χ4v) is 2.39. The molecule has 0 amide bonds. The highest BCUT2D eigenvalue weighted by atomic mass is 35.5. The van der Waals surface area contributed by atoms with E-state index in [9.17, 15) is 9.59 Å². The molecule has 132 valence electrons. The molecule has 7 heteroatoms. The summed E-state index contributed by atoms with van der Waals surface area (Å²) >= 11 is 12.1. The molecule has 0 unspecified atom stereocenters. The highest BCUT2D eigenvalue weighted by Gasteiger charge is 2.21. The van der Waals surface area contributed by atoms with E-state index in [4.69, 9.17) is 27.9 Å². The molecule has 0 bridgehead atoms. The first-order chi connectivity index (χ1) is 11.6. The first-order valence-electron chi connectivity index (χ1n) is 7.40. The van der Waals surface area contributed by atoms with E-state index in [1.807, 2.05) is 0 Å². The fourth-order valence-electron chi connectivity index (χ4n) is 2.02. The van der Waals surface area contributed by atoms with Crippen molar-refractivity contribution in [1.29, 1.82) is 0 Å². The van der Waals surface area contributed by atoms with Gasteiger partial charge in [0.2, 0.25) is 0 Å². The van der Waals surface area contributed by atoms with E-state index in [0.29, 0.717) is 11.3 Å². The van der Waals surface area contributed by atoms with Gasteiger partial charge in [0, 0.05) is 5.56 Å². The SMILES string of the molecule is COC(=O)c1nc(-c2ccc(Cl)c(C(=O)OC(C)(C)C)c2)ccc1Cl. The second kappa shape index (κ2) is 7.42. The Bertz CT molecular complexity index is 828. The van der Waals surface area contributed by atoms with Crippen molar-refractivity contribution < 1.29 is 19.1 Å². The molecule has 0 aliphatic heterocycles. The van der Waals surface area contributed by atoms with Crippen molar-refractivity contribution in [2.45, 2.75) is 26.4 Å². The molecule has 0 atom stereocenters. The first-order valence-corrected chi connectivity index (χ1v) is 8.16. The van der Waals surface area contributed by atoms with Crippen molar-refractivity contribution in [3.63, 3.8) is 0 Å². The number of esters is 2. The summed E-state index contributed by atoms with van der Waals surface area (Å²) in [6.07, 6.45) is 0. The largest absolute Gasteiger partial charge is 0.464 e. The summed E-state index contributed by atoms with van der Waals surface area (Å²) in [7, 11) is 1.25. The van der Waals surface area contributed by atoms with Crippen LogP contribution >= 0.6 is 23.2 Å². The van der Waals surface area contributed by atoms with Crippen molar-refractivity contribution >= 4 is 35.1 Å². The van der Waals surface area contributed by atoms with Crippen LogP contribution in [0.2, 0.25) is 10.0 Å². The van der Waals surface area contributed by atoms with E-state index in [1.165, 1.54) is 13.2 Å². The molecule has 0 N–H and O–H groups in total. The van der Waals surface area contributed by atoms with Crippen LogP contribution in [0, 0.1) is 0 Å². The van der Waals surface area contributed by atoms with Gasteiger partial charge >= 0.3 is 11.9 Å². The van der Waals surface area contributed by atoms with Crippen molar-refractivity contribution in [2.24, 2.45) is 0 Å². The number of carbonyl (C=O) groups excluding carboxylic acids is 2. The lowest BCUT2D eigenvalue weighted by atomic mass is 10.1. The Hall–Kier alpha value is -2.11. The van der Waals surface area contributed by atoms with Gasteiger partial charge in [-0.15, -0.1) is 0 Å². The van der Waals surface area contributed by atoms with Gasteiger partial charge in [-0.1, -0.05) is 29.3 Å². The summed E-state index contributed by atoms with van der Waals surface area (Å²) in [5, 5.41) is 0.442. The highest BCUT2D eigenvalue weighted by molar-refractivity contribution is 6.34. The van der Waals surface area contributed by atoms with E-state index in [0.717, 1.165) is 0 Å². The van der Waals surface area contributed by atoms with Gasteiger partial charge < -0.3 is 9.47 Å². The normalized spacial score (nSPS) is 11.1. The van der Waals surface area contributed by atoms with Crippen molar-refractivity contribution in [1.82, 2.24) is 4.98 Å². The van der Waals surface area contributed by atoms with Crippen LogP contribution in [-0.4, -0.2) is 29.6 Å². The summed E-state index contributed by atoms with van der Waals surface area (Å²) in [5.41, 5.74) is 0.603. The molecule has 1 heterocycles. The number of halogens is 2. The molecule has 0 aliphatic rings. The Morgan fingerprint density at radius 2 is 1.64 bits per heavy atom. The van der Waals surface area contributed by atoms with Crippen molar-refractivity contribution in [3.8, 4) is 11.3 Å². The van der Waals surface area contributed by atoms with Crippen LogP contribution in [0.25, 0.3) is 11.3 Å². The minimum Gasteiger partial charge on any atom is -0.464 e. The standard InChI is InChI=1S/C18H17Cl2NO4/c1-18(2,3)25-16(22)11-9-10(5-6-12(11)19)14-8-7-13(20)15(21-14)17(23)24-4/h5-9H,1-4H3. The number of aromatic nitrogens is 1. The molecular weight excluding hydrogens is 365 g/mol. The molecule has 0 aliphatic carbocycles. The number of hydrogen-bond acceptors (Lipinski definition) is 5. The quantitative estimate of drug-likeness (QED) is 0.714. The van der Waals surface area contributed by atoms with E-state index in [-0.39, 0.29) is 21.3 Å². The zero-order valence-electron chi connectivity index (χ0n) is 14.2. The van der Waals surface area contributed by atoms with Crippen LogP contribution in [0.3, 0.4) is 0 Å². The van der Waals surface area contributed by atoms with E-state index >= 15 is 0 Å². The van der Waals surface area contributed by atoms with Crippen LogP contribution in [0.15, 0.2) is 30.3 Å². The number of benzene rings is 1. The zero-order valence-corrected chi connectivity index (χ0v) is 15.7. The lowest BCUT2D eigenvalue weighted by Crippen LogP contribution is -2.24. The van der Waals surface area contributed by atoms with Gasteiger partial charge in [-0.25, -0.2) is 14.6 Å². The molecule has 1 aromatic heterocycles. The zero-order chi connectivity index (χ0) is 18.8. The number of hydrogen-bond donors (Lipinski definition) is 0. The van der Waals surface area contributed by atoms with Gasteiger partial charge in [0.05, 0.1) is 28.4 Å². The monoisotopic (exact) mass is 381 g/mol. The van der Waals surface area contributed by atoms with Crippen LogP contribution in [0.1, 0.15) is 41.6 Å². The van der Waals surface area contributed by atoms with Crippen LogP contribution in [-0.2, 0) is 9.47 Å². The minimum absolute atomic E-state index is 0.00423. The van der Waals surface area contributed by atoms with Crippen molar-refractivity contribution in [2.75, 3.05) is 7.11 Å². The summed E-state index contributed by atoms with van der Waals surface area (Å²) in [6.45, 7) is 5.31. The van der Waals surface area contributed by atoms with Crippen LogP contribution < -0.4 is 0 Å². The van der Waals surface area contributed by atoms with Crippen LogP contribution in [0.5, 0.6) is 0 Å². The summed E-state index contributed by atoms with van der Waals surface area (Å²) in [4.78, 5) is 28.3. The van der Waals surface area contributed by atoms with Gasteiger partial charge in [0.1, 0.15) is 5.60 Å².